The van der Waals surface area contributed by atoms with E-state index >= 15 is 0 Å². The van der Waals surface area contributed by atoms with Crippen LogP contribution < -0.4 is 5.56 Å². The first-order valence-corrected chi connectivity index (χ1v) is 10.2. The van der Waals surface area contributed by atoms with Gasteiger partial charge in [0.15, 0.2) is 0 Å². The molecule has 3 aromatic rings. The molecule has 1 aliphatic rings. The Morgan fingerprint density at radius 1 is 1.14 bits per heavy atom. The number of rotatable bonds is 4. The third-order valence-corrected chi connectivity index (χ3v) is 5.73. The minimum atomic E-state index is -0.186. The first-order chi connectivity index (χ1) is 13.5. The second-order valence-electron chi connectivity index (χ2n) is 8.28. The zero-order valence-corrected chi connectivity index (χ0v) is 16.9. The van der Waals surface area contributed by atoms with Crippen molar-refractivity contribution >= 4 is 27.7 Å². The van der Waals surface area contributed by atoms with Crippen LogP contribution in [-0.2, 0) is 17.9 Å². The van der Waals surface area contributed by atoms with Crippen molar-refractivity contribution in [2.45, 2.75) is 46.7 Å². The maximum atomic E-state index is 13.2. The molecule has 0 unspecified atom stereocenters. The number of piperidine rings is 1. The van der Waals surface area contributed by atoms with Crippen molar-refractivity contribution in [3.05, 3.63) is 40.8 Å². The van der Waals surface area contributed by atoms with Crippen LogP contribution in [0, 0.1) is 11.8 Å². The fourth-order valence-electron chi connectivity index (χ4n) is 4.66. The molecule has 0 saturated carbocycles. The number of carbonyl (C=O) groups excluding carboxylic acids is 1. The number of amides is 1. The number of carbonyl (C=O) groups is 1. The molecule has 0 bridgehead atoms. The largest absolute Gasteiger partial charge is 0.341 e. The number of aryl methyl sites for hydroxylation is 1. The number of benzene rings is 1. The summed E-state index contributed by atoms with van der Waals surface area (Å²) in [6.07, 6.45) is 3.81. The number of fused-ring (bicyclic) bond motifs is 3. The number of likely N-dealkylation sites (tertiary alicyclic amines) is 1. The molecule has 1 saturated heterocycles. The fourth-order valence-corrected chi connectivity index (χ4v) is 4.66. The Morgan fingerprint density at radius 2 is 1.86 bits per heavy atom. The molecule has 28 heavy (non-hydrogen) atoms. The van der Waals surface area contributed by atoms with Crippen LogP contribution in [-0.4, -0.2) is 38.2 Å². The van der Waals surface area contributed by atoms with Crippen LogP contribution in [0.2, 0.25) is 0 Å². The summed E-state index contributed by atoms with van der Waals surface area (Å²) in [5, 5.41) is 6.24. The van der Waals surface area contributed by atoms with Crippen LogP contribution >= 0.6 is 0 Å². The van der Waals surface area contributed by atoms with Gasteiger partial charge in [-0.25, -0.2) is 4.68 Å². The molecule has 4 rings (SSSR count). The molecule has 6 heteroatoms. The van der Waals surface area contributed by atoms with Gasteiger partial charge in [0.1, 0.15) is 12.1 Å². The molecule has 1 amide bonds. The van der Waals surface area contributed by atoms with Crippen LogP contribution in [0.1, 0.15) is 33.6 Å². The van der Waals surface area contributed by atoms with Crippen LogP contribution in [0.15, 0.2) is 35.3 Å². The first-order valence-electron chi connectivity index (χ1n) is 10.2. The average Bonchev–Trinajstić information content (AvgIpc) is 2.98. The van der Waals surface area contributed by atoms with Gasteiger partial charge in [0.05, 0.1) is 6.20 Å². The predicted octanol–water partition coefficient (Wildman–Crippen LogP) is 3.27. The Hall–Kier alpha value is -2.63. The molecule has 0 radical (unpaired) electrons. The summed E-state index contributed by atoms with van der Waals surface area (Å²) in [6.45, 7) is 8.74. The Bertz CT molecular complexity index is 1070. The Balaban J connectivity index is 1.74. The summed E-state index contributed by atoms with van der Waals surface area (Å²) >= 11 is 0. The maximum absolute atomic E-state index is 13.2. The Kier molecular flexibility index (Phi) is 4.96. The highest BCUT2D eigenvalue weighted by Gasteiger charge is 2.26. The predicted molar refractivity (Wildman–Crippen MR) is 111 cm³/mol. The molecule has 1 fully saturated rings. The normalized spacial score (nSPS) is 20.2. The van der Waals surface area contributed by atoms with Crippen molar-refractivity contribution in [1.29, 1.82) is 0 Å². The van der Waals surface area contributed by atoms with Gasteiger partial charge in [0.25, 0.3) is 5.56 Å². The molecule has 0 spiro atoms. The first kappa shape index (κ1) is 18.7. The monoisotopic (exact) mass is 380 g/mol. The minimum absolute atomic E-state index is 0.00185. The minimum Gasteiger partial charge on any atom is -0.341 e. The highest BCUT2D eigenvalue weighted by atomic mass is 16.2. The lowest BCUT2D eigenvalue weighted by molar-refractivity contribution is -0.134. The maximum Gasteiger partial charge on any atom is 0.291 e. The van der Waals surface area contributed by atoms with E-state index in [1.54, 1.807) is 6.20 Å². The van der Waals surface area contributed by atoms with E-state index in [1.165, 1.54) is 4.68 Å². The number of nitrogens with zero attached hydrogens (tertiary/aromatic N) is 4. The molecule has 2 atom stereocenters. The Labute approximate surface area is 164 Å². The summed E-state index contributed by atoms with van der Waals surface area (Å²) in [6, 6.07) is 8.03. The van der Waals surface area contributed by atoms with E-state index in [0.717, 1.165) is 48.8 Å². The number of para-hydroxylation sites is 1. The van der Waals surface area contributed by atoms with Crippen LogP contribution in [0.25, 0.3) is 21.8 Å². The van der Waals surface area contributed by atoms with Gasteiger partial charge < -0.3 is 9.47 Å². The number of hydrogen-bond acceptors (Lipinski definition) is 3. The summed E-state index contributed by atoms with van der Waals surface area (Å²) in [5.41, 5.74) is 1.50. The van der Waals surface area contributed by atoms with E-state index in [4.69, 9.17) is 0 Å². The lowest BCUT2D eigenvalue weighted by atomic mass is 9.92. The molecule has 2 aromatic heterocycles. The highest BCUT2D eigenvalue weighted by molar-refractivity contribution is 6.07. The molecule has 1 aromatic carbocycles. The third kappa shape index (κ3) is 3.21. The van der Waals surface area contributed by atoms with Gasteiger partial charge in [-0.15, -0.1) is 0 Å². The highest BCUT2D eigenvalue weighted by Crippen LogP contribution is 2.26. The van der Waals surface area contributed by atoms with Crippen LogP contribution in [0.5, 0.6) is 0 Å². The fraction of sp³-hybridized carbons (Fsp3) is 0.500. The van der Waals surface area contributed by atoms with E-state index in [2.05, 4.69) is 30.4 Å². The van der Waals surface area contributed by atoms with Crippen molar-refractivity contribution in [2.75, 3.05) is 13.1 Å². The Morgan fingerprint density at radius 3 is 2.57 bits per heavy atom. The van der Waals surface area contributed by atoms with E-state index in [9.17, 15) is 9.59 Å². The molecule has 3 heterocycles. The molecule has 148 valence electrons. The second kappa shape index (κ2) is 7.41. The van der Waals surface area contributed by atoms with Crippen molar-refractivity contribution < 1.29 is 4.79 Å². The van der Waals surface area contributed by atoms with Gasteiger partial charge in [-0.1, -0.05) is 39.0 Å². The van der Waals surface area contributed by atoms with E-state index in [1.807, 2.05) is 29.2 Å². The molecule has 0 aliphatic carbocycles. The SMILES string of the molecule is CCCn1c2ccccc2c2cnn(CC(=O)N3C[C@@H](C)C[C@H](C)C3)c(=O)c21. The molecule has 0 N–H and O–H groups in total. The van der Waals surface area contributed by atoms with Gasteiger partial charge in [0, 0.05) is 35.9 Å². The molecule has 1 aliphatic heterocycles. The van der Waals surface area contributed by atoms with Gasteiger partial charge >= 0.3 is 0 Å². The standard InChI is InChI=1S/C22H28N4O2/c1-4-9-25-19-8-6-5-7-17(19)18-11-23-26(22(28)21(18)25)14-20(27)24-12-15(2)10-16(3)13-24/h5-8,11,15-16H,4,9-10,12-14H2,1-3H3/t15-,16-/m0/s1. The quantitative estimate of drug-likeness (QED) is 0.698. The van der Waals surface area contributed by atoms with E-state index in [-0.39, 0.29) is 18.0 Å². The second-order valence-corrected chi connectivity index (χ2v) is 8.28. The van der Waals surface area contributed by atoms with Crippen molar-refractivity contribution in [2.24, 2.45) is 11.8 Å². The van der Waals surface area contributed by atoms with Gasteiger partial charge in [-0.3, -0.25) is 9.59 Å². The van der Waals surface area contributed by atoms with Crippen molar-refractivity contribution in [3.8, 4) is 0 Å². The van der Waals surface area contributed by atoms with Crippen molar-refractivity contribution in [3.63, 3.8) is 0 Å². The van der Waals surface area contributed by atoms with Gasteiger partial charge in [-0.2, -0.15) is 5.10 Å². The van der Waals surface area contributed by atoms with Crippen molar-refractivity contribution in [1.82, 2.24) is 19.2 Å². The van der Waals surface area contributed by atoms with Crippen LogP contribution in [0.3, 0.4) is 0 Å². The zero-order valence-electron chi connectivity index (χ0n) is 16.9. The topological polar surface area (TPSA) is 60.1 Å². The van der Waals surface area contributed by atoms with E-state index in [0.29, 0.717) is 17.4 Å². The lowest BCUT2D eigenvalue weighted by Gasteiger charge is -2.35. The van der Waals surface area contributed by atoms with Crippen LogP contribution in [0.4, 0.5) is 0 Å². The summed E-state index contributed by atoms with van der Waals surface area (Å²) in [7, 11) is 0. The van der Waals surface area contributed by atoms with Gasteiger partial charge in [0.2, 0.25) is 5.91 Å². The number of aromatic nitrogens is 3. The van der Waals surface area contributed by atoms with E-state index < -0.39 is 0 Å². The summed E-state index contributed by atoms with van der Waals surface area (Å²) in [4.78, 5) is 28.0. The summed E-state index contributed by atoms with van der Waals surface area (Å²) < 4.78 is 3.40. The average molecular weight is 380 g/mol. The molecule has 6 nitrogen and oxygen atoms in total. The third-order valence-electron chi connectivity index (χ3n) is 5.73. The molecular formula is C22H28N4O2. The number of hydrogen-bond donors (Lipinski definition) is 0. The molecular weight excluding hydrogens is 352 g/mol. The lowest BCUT2D eigenvalue weighted by Crippen LogP contribution is -2.45. The zero-order chi connectivity index (χ0) is 19.8. The van der Waals surface area contributed by atoms with Gasteiger partial charge in [-0.05, 0) is 30.7 Å². The summed E-state index contributed by atoms with van der Waals surface area (Å²) in [5.74, 6) is 0.962. The smallest absolute Gasteiger partial charge is 0.291 e.